The predicted molar refractivity (Wildman–Crippen MR) is 161 cm³/mol. The van der Waals surface area contributed by atoms with Crippen LogP contribution in [0.2, 0.25) is 0 Å². The molecule has 0 bridgehead atoms. The molecule has 1 heterocycles. The second kappa shape index (κ2) is 14.5. The summed E-state index contributed by atoms with van der Waals surface area (Å²) in [6.45, 7) is 7.36. The molecule has 2 aliphatic rings. The Labute approximate surface area is 249 Å². The monoisotopic (exact) mass is 579 g/mol. The summed E-state index contributed by atoms with van der Waals surface area (Å²) in [5, 5.41) is 8.87. The molecule has 1 saturated heterocycles. The number of aryl methyl sites for hydroxylation is 1. The van der Waals surface area contributed by atoms with E-state index in [2.05, 4.69) is 26.9 Å². The van der Waals surface area contributed by atoms with Gasteiger partial charge in [-0.25, -0.2) is 4.79 Å². The van der Waals surface area contributed by atoms with E-state index in [4.69, 9.17) is 9.47 Å². The molecule has 10 nitrogen and oxygen atoms in total. The molecular weight excluding hydrogens is 534 g/mol. The van der Waals surface area contributed by atoms with Gasteiger partial charge in [0, 0.05) is 25.2 Å². The standard InChI is InChI=1S/C32H45N5O5/c1-21(2)29(35-30(38)22(3)33-4)31(39)37-18-17-36(19-24-12-7-9-16-27(24)41-5)20-28(37)42-32(40)34-26-15-10-13-23-11-6-8-14-25(23)26/h6-9,11-12,14,16,21-22,26,28-29,33H,10,13,15,17-20H2,1-5H3,(H,34,40)(H,35,38)/t22-,26?,28-,29-/m0/s1. The third-order valence-electron chi connectivity index (χ3n) is 8.25. The van der Waals surface area contributed by atoms with Crippen molar-refractivity contribution in [2.75, 3.05) is 33.8 Å². The molecule has 3 N–H and O–H groups in total. The maximum Gasteiger partial charge on any atom is 0.409 e. The fraction of sp³-hybridized carbons (Fsp3) is 0.531. The van der Waals surface area contributed by atoms with Gasteiger partial charge in [-0.2, -0.15) is 0 Å². The fourth-order valence-electron chi connectivity index (χ4n) is 5.68. The van der Waals surface area contributed by atoms with Gasteiger partial charge in [-0.15, -0.1) is 0 Å². The van der Waals surface area contributed by atoms with E-state index in [1.807, 2.05) is 56.3 Å². The van der Waals surface area contributed by atoms with Gasteiger partial charge in [0.25, 0.3) is 0 Å². The van der Waals surface area contributed by atoms with Crippen molar-refractivity contribution in [3.05, 3.63) is 65.2 Å². The first kappa shape index (κ1) is 31.3. The average molecular weight is 580 g/mol. The Balaban J connectivity index is 1.53. The van der Waals surface area contributed by atoms with E-state index in [-0.39, 0.29) is 23.8 Å². The first-order valence-electron chi connectivity index (χ1n) is 14.9. The Morgan fingerprint density at radius 1 is 1.02 bits per heavy atom. The van der Waals surface area contributed by atoms with Gasteiger partial charge in [0.15, 0.2) is 6.23 Å². The summed E-state index contributed by atoms with van der Waals surface area (Å²) in [5.41, 5.74) is 3.35. The highest BCUT2D eigenvalue weighted by atomic mass is 16.6. The number of piperazine rings is 1. The second-order valence-electron chi connectivity index (χ2n) is 11.5. The molecule has 42 heavy (non-hydrogen) atoms. The van der Waals surface area contributed by atoms with E-state index >= 15 is 0 Å². The summed E-state index contributed by atoms with van der Waals surface area (Å²) in [6, 6.07) is 14.6. The van der Waals surface area contributed by atoms with Crippen molar-refractivity contribution in [2.45, 2.75) is 70.9 Å². The minimum Gasteiger partial charge on any atom is -0.496 e. The van der Waals surface area contributed by atoms with Crippen LogP contribution in [0, 0.1) is 5.92 Å². The Morgan fingerprint density at radius 3 is 2.50 bits per heavy atom. The Bertz CT molecular complexity index is 1240. The molecule has 0 aromatic heterocycles. The van der Waals surface area contributed by atoms with Crippen molar-refractivity contribution >= 4 is 17.9 Å². The number of amides is 3. The van der Waals surface area contributed by atoms with Crippen LogP contribution < -0.4 is 20.7 Å². The highest BCUT2D eigenvalue weighted by molar-refractivity contribution is 5.90. The maximum absolute atomic E-state index is 13.9. The van der Waals surface area contributed by atoms with E-state index in [0.29, 0.717) is 26.2 Å². The van der Waals surface area contributed by atoms with Crippen molar-refractivity contribution < 1.29 is 23.9 Å². The van der Waals surface area contributed by atoms with Crippen molar-refractivity contribution in [3.63, 3.8) is 0 Å². The number of benzene rings is 2. The number of hydrogen-bond acceptors (Lipinski definition) is 7. The van der Waals surface area contributed by atoms with E-state index in [9.17, 15) is 14.4 Å². The number of methoxy groups -OCH3 is 1. The first-order chi connectivity index (χ1) is 20.2. The van der Waals surface area contributed by atoms with Gasteiger partial charge in [0.05, 0.1) is 25.7 Å². The van der Waals surface area contributed by atoms with Crippen LogP contribution >= 0.6 is 0 Å². The average Bonchev–Trinajstić information content (AvgIpc) is 2.99. The van der Waals surface area contributed by atoms with Crippen LogP contribution in [0.15, 0.2) is 48.5 Å². The lowest BCUT2D eigenvalue weighted by Crippen LogP contribution is -2.62. The van der Waals surface area contributed by atoms with Gasteiger partial charge in [-0.3, -0.25) is 14.5 Å². The largest absolute Gasteiger partial charge is 0.496 e. The second-order valence-corrected chi connectivity index (χ2v) is 11.5. The molecule has 1 aliphatic heterocycles. The van der Waals surface area contributed by atoms with Crippen molar-refractivity contribution in [2.24, 2.45) is 5.92 Å². The topological polar surface area (TPSA) is 112 Å². The van der Waals surface area contributed by atoms with Crippen molar-refractivity contribution in [3.8, 4) is 5.75 Å². The number of fused-ring (bicyclic) bond motifs is 1. The summed E-state index contributed by atoms with van der Waals surface area (Å²) in [7, 11) is 3.34. The smallest absolute Gasteiger partial charge is 0.409 e. The minimum absolute atomic E-state index is 0.148. The third-order valence-corrected chi connectivity index (χ3v) is 8.25. The number of rotatable bonds is 10. The number of carbonyl (C=O) groups excluding carboxylic acids is 3. The minimum atomic E-state index is -0.834. The van der Waals surface area contributed by atoms with E-state index < -0.39 is 24.4 Å². The van der Waals surface area contributed by atoms with E-state index in [1.165, 1.54) is 5.56 Å². The molecule has 2 aromatic rings. The molecular formula is C32H45N5O5. The molecule has 0 spiro atoms. The van der Waals surface area contributed by atoms with Crippen LogP contribution in [0.4, 0.5) is 4.79 Å². The van der Waals surface area contributed by atoms with Crippen LogP contribution in [0.5, 0.6) is 5.75 Å². The number of likely N-dealkylation sites (N-methyl/N-ethyl adjacent to an activating group) is 1. The molecule has 4 atom stereocenters. The molecule has 1 aliphatic carbocycles. The fourth-order valence-corrected chi connectivity index (χ4v) is 5.68. The first-order valence-corrected chi connectivity index (χ1v) is 14.9. The Hall–Kier alpha value is -3.63. The van der Waals surface area contributed by atoms with Crippen LogP contribution in [0.25, 0.3) is 0 Å². The number of carbonyl (C=O) groups is 3. The van der Waals surface area contributed by atoms with Gasteiger partial charge in [0.2, 0.25) is 11.8 Å². The molecule has 228 valence electrons. The molecule has 10 heteroatoms. The molecule has 1 unspecified atom stereocenters. The summed E-state index contributed by atoms with van der Waals surface area (Å²) < 4.78 is 11.6. The zero-order chi connectivity index (χ0) is 30.2. The van der Waals surface area contributed by atoms with Crippen LogP contribution in [0.1, 0.15) is 56.3 Å². The van der Waals surface area contributed by atoms with Gasteiger partial charge >= 0.3 is 6.09 Å². The molecule has 3 amide bonds. The van der Waals surface area contributed by atoms with Crippen LogP contribution in [-0.2, 0) is 27.3 Å². The summed E-state index contributed by atoms with van der Waals surface area (Å²) in [6.07, 6.45) is 1.39. The summed E-state index contributed by atoms with van der Waals surface area (Å²) in [5.74, 6) is 0.0960. The van der Waals surface area contributed by atoms with E-state index in [1.54, 1.807) is 26.0 Å². The quantitative estimate of drug-likeness (QED) is 0.396. The number of nitrogens with zero attached hydrogens (tertiary/aromatic N) is 2. The lowest BCUT2D eigenvalue weighted by Gasteiger charge is -2.42. The molecule has 0 saturated carbocycles. The Morgan fingerprint density at radius 2 is 1.76 bits per heavy atom. The normalized spacial score (nSPS) is 20.3. The molecule has 0 radical (unpaired) electrons. The van der Waals surface area contributed by atoms with Gasteiger partial charge < -0.3 is 30.3 Å². The van der Waals surface area contributed by atoms with Gasteiger partial charge in [0.1, 0.15) is 11.8 Å². The number of para-hydroxylation sites is 1. The lowest BCUT2D eigenvalue weighted by atomic mass is 9.88. The number of ether oxygens (including phenoxy) is 2. The van der Waals surface area contributed by atoms with Gasteiger partial charge in [-0.05, 0) is 56.3 Å². The van der Waals surface area contributed by atoms with E-state index in [0.717, 1.165) is 36.1 Å². The number of nitrogens with one attached hydrogen (secondary N) is 3. The number of hydrogen-bond donors (Lipinski definition) is 3. The van der Waals surface area contributed by atoms with Crippen molar-refractivity contribution in [1.82, 2.24) is 25.8 Å². The van der Waals surface area contributed by atoms with Crippen LogP contribution in [-0.4, -0.2) is 79.8 Å². The summed E-state index contributed by atoms with van der Waals surface area (Å²) in [4.78, 5) is 43.7. The lowest BCUT2D eigenvalue weighted by molar-refractivity contribution is -0.153. The predicted octanol–water partition coefficient (Wildman–Crippen LogP) is 3.22. The summed E-state index contributed by atoms with van der Waals surface area (Å²) >= 11 is 0. The zero-order valence-corrected chi connectivity index (χ0v) is 25.4. The zero-order valence-electron chi connectivity index (χ0n) is 25.4. The maximum atomic E-state index is 13.9. The molecule has 1 fully saturated rings. The van der Waals surface area contributed by atoms with Crippen LogP contribution in [0.3, 0.4) is 0 Å². The molecule has 2 aromatic carbocycles. The van der Waals surface area contributed by atoms with Gasteiger partial charge in [-0.1, -0.05) is 56.3 Å². The Kier molecular flexibility index (Phi) is 10.8. The highest BCUT2D eigenvalue weighted by Gasteiger charge is 2.39. The van der Waals surface area contributed by atoms with Crippen molar-refractivity contribution in [1.29, 1.82) is 0 Å². The SMILES string of the molecule is CN[C@@H](C)C(=O)N[C@H](C(=O)N1CCN(Cc2ccccc2OC)C[C@@H]1OC(=O)NC1CCCc2ccccc21)C(C)C. The third kappa shape index (κ3) is 7.60. The number of alkyl carbamates (subject to hydrolysis) is 1. The molecule has 4 rings (SSSR count). The highest BCUT2D eigenvalue weighted by Crippen LogP contribution is 2.30.